The number of β-amino-alcohol motifs (C(OH)–C–C–N with tert-alkyl or cyclic N) is 1. The fourth-order valence-electron chi connectivity index (χ4n) is 2.94. The summed E-state index contributed by atoms with van der Waals surface area (Å²) in [6.07, 6.45) is 2.35. The molecule has 1 aliphatic heterocycles. The number of hydrogen-bond donors (Lipinski definition) is 1. The monoisotopic (exact) mass is 259 g/mol. The van der Waals surface area contributed by atoms with Gasteiger partial charge in [-0.25, -0.2) is 0 Å². The van der Waals surface area contributed by atoms with Gasteiger partial charge in [0, 0.05) is 17.8 Å². The Bertz CT molecular complexity index is 498. The van der Waals surface area contributed by atoms with Gasteiger partial charge in [-0.15, -0.1) is 0 Å². The molecule has 1 aromatic rings. The van der Waals surface area contributed by atoms with E-state index in [-0.39, 0.29) is 17.6 Å². The van der Waals surface area contributed by atoms with E-state index in [1.807, 2.05) is 0 Å². The Hall–Kier alpha value is -1.28. The average Bonchev–Trinajstić information content (AvgIpc) is 2.33. The van der Waals surface area contributed by atoms with E-state index in [2.05, 4.69) is 69.9 Å². The zero-order valence-corrected chi connectivity index (χ0v) is 12.7. The Morgan fingerprint density at radius 2 is 1.84 bits per heavy atom. The Morgan fingerprint density at radius 3 is 2.42 bits per heavy atom. The Morgan fingerprint density at radius 1 is 1.21 bits per heavy atom. The lowest BCUT2D eigenvalue weighted by Crippen LogP contribution is -2.56. The topological polar surface area (TPSA) is 23.5 Å². The summed E-state index contributed by atoms with van der Waals surface area (Å²) in [5, 5.41) is 9.45. The maximum Gasteiger partial charge on any atom is 0.0611 e. The van der Waals surface area contributed by atoms with Crippen molar-refractivity contribution < 1.29 is 5.11 Å². The average molecular weight is 259 g/mol. The van der Waals surface area contributed by atoms with Gasteiger partial charge in [0.2, 0.25) is 0 Å². The van der Waals surface area contributed by atoms with Crippen molar-refractivity contribution in [2.24, 2.45) is 5.41 Å². The number of anilines is 1. The van der Waals surface area contributed by atoms with Crippen LogP contribution in [0.15, 0.2) is 30.3 Å². The number of nitrogens with zero attached hydrogens (tertiary/aromatic N) is 1. The second-order valence-corrected chi connectivity index (χ2v) is 6.62. The molecule has 0 unspecified atom stereocenters. The molecule has 1 N–H and O–H groups in total. The van der Waals surface area contributed by atoms with Gasteiger partial charge in [-0.05, 0) is 30.9 Å². The highest BCUT2D eigenvalue weighted by Crippen LogP contribution is 2.46. The number of hydrogen-bond acceptors (Lipinski definition) is 2. The third-order valence-corrected chi connectivity index (χ3v) is 4.52. The molecule has 0 radical (unpaired) electrons. The Balaban J connectivity index is 2.63. The summed E-state index contributed by atoms with van der Waals surface area (Å²) >= 11 is 0. The lowest BCUT2D eigenvalue weighted by atomic mass is 9.70. The molecule has 1 atom stereocenters. The first-order valence-corrected chi connectivity index (χ1v) is 6.98. The molecule has 0 spiro atoms. The molecule has 0 saturated carbocycles. The van der Waals surface area contributed by atoms with E-state index in [9.17, 15) is 5.11 Å². The molecule has 2 nitrogen and oxygen atoms in total. The first kappa shape index (κ1) is 14.1. The molecule has 0 aliphatic carbocycles. The quantitative estimate of drug-likeness (QED) is 0.875. The maximum atomic E-state index is 9.45. The number of benzene rings is 1. The molecule has 0 aromatic heterocycles. The molecule has 0 saturated heterocycles. The van der Waals surface area contributed by atoms with Crippen LogP contribution in [0.5, 0.6) is 0 Å². The van der Waals surface area contributed by atoms with Gasteiger partial charge in [-0.1, -0.05) is 45.0 Å². The van der Waals surface area contributed by atoms with Crippen molar-refractivity contribution >= 4 is 11.3 Å². The van der Waals surface area contributed by atoms with E-state index >= 15 is 0 Å². The van der Waals surface area contributed by atoms with Crippen molar-refractivity contribution in [3.05, 3.63) is 35.9 Å². The van der Waals surface area contributed by atoms with Crippen LogP contribution in [0.4, 0.5) is 5.69 Å². The lowest BCUT2D eigenvalue weighted by Gasteiger charge is -2.52. The first-order valence-electron chi connectivity index (χ1n) is 6.98. The molecule has 2 heteroatoms. The molecule has 0 fully saturated rings. The highest BCUT2D eigenvalue weighted by Gasteiger charge is 2.43. The molecule has 2 rings (SSSR count). The van der Waals surface area contributed by atoms with E-state index in [4.69, 9.17) is 0 Å². The van der Waals surface area contributed by atoms with E-state index in [1.165, 1.54) is 16.8 Å². The number of rotatable bonds is 2. The van der Waals surface area contributed by atoms with Crippen molar-refractivity contribution in [1.29, 1.82) is 0 Å². The van der Waals surface area contributed by atoms with Crippen LogP contribution >= 0.6 is 0 Å². The van der Waals surface area contributed by atoms with Gasteiger partial charge in [-0.3, -0.25) is 0 Å². The molecule has 0 bridgehead atoms. The smallest absolute Gasteiger partial charge is 0.0611 e. The van der Waals surface area contributed by atoms with Crippen LogP contribution in [0, 0.1) is 5.41 Å². The van der Waals surface area contributed by atoms with Crippen LogP contribution in [-0.4, -0.2) is 23.8 Å². The van der Waals surface area contributed by atoms with Crippen LogP contribution in [0.2, 0.25) is 0 Å². The van der Waals surface area contributed by atoms with Crippen molar-refractivity contribution in [3.63, 3.8) is 0 Å². The zero-order chi connectivity index (χ0) is 14.3. The second-order valence-electron chi connectivity index (χ2n) is 6.62. The largest absolute Gasteiger partial charge is 0.395 e. The fourth-order valence-corrected chi connectivity index (χ4v) is 2.94. The molecule has 1 heterocycles. The van der Waals surface area contributed by atoms with Gasteiger partial charge in [0.15, 0.2) is 0 Å². The lowest BCUT2D eigenvalue weighted by molar-refractivity contribution is 0.222. The van der Waals surface area contributed by atoms with Gasteiger partial charge in [-0.2, -0.15) is 0 Å². The van der Waals surface area contributed by atoms with Crippen LogP contribution in [0.25, 0.3) is 5.57 Å². The molecule has 19 heavy (non-hydrogen) atoms. The number of aliphatic hydroxyl groups is 1. The van der Waals surface area contributed by atoms with Crippen LogP contribution in [0.3, 0.4) is 0 Å². The number of allylic oxidation sites excluding steroid dienone is 1. The third kappa shape index (κ3) is 2.18. The predicted octanol–water partition coefficient (Wildman–Crippen LogP) is 3.71. The van der Waals surface area contributed by atoms with Gasteiger partial charge < -0.3 is 10.0 Å². The van der Waals surface area contributed by atoms with Crippen molar-refractivity contribution in [1.82, 2.24) is 0 Å². The van der Waals surface area contributed by atoms with E-state index in [0.29, 0.717) is 6.54 Å². The van der Waals surface area contributed by atoms with Crippen LogP contribution < -0.4 is 4.90 Å². The van der Waals surface area contributed by atoms with Crippen LogP contribution in [0.1, 0.15) is 40.2 Å². The Labute approximate surface area is 116 Å². The van der Waals surface area contributed by atoms with Gasteiger partial charge >= 0.3 is 0 Å². The molecule has 0 amide bonds. The summed E-state index contributed by atoms with van der Waals surface area (Å²) in [6.45, 7) is 12.1. The van der Waals surface area contributed by atoms with Gasteiger partial charge in [0.25, 0.3) is 0 Å². The molecule has 1 aromatic carbocycles. The summed E-state index contributed by atoms with van der Waals surface area (Å²) in [7, 11) is 0. The zero-order valence-electron chi connectivity index (χ0n) is 12.7. The summed E-state index contributed by atoms with van der Waals surface area (Å²) in [6, 6.07) is 8.47. The van der Waals surface area contributed by atoms with Gasteiger partial charge in [0.05, 0.1) is 12.1 Å². The molecular weight excluding hydrogens is 234 g/mol. The second kappa shape index (κ2) is 4.68. The van der Waals surface area contributed by atoms with E-state index < -0.39 is 0 Å². The van der Waals surface area contributed by atoms with E-state index in [1.54, 1.807) is 0 Å². The van der Waals surface area contributed by atoms with Crippen molar-refractivity contribution in [2.75, 3.05) is 18.1 Å². The predicted molar refractivity (Wildman–Crippen MR) is 82.4 cm³/mol. The SMILES string of the molecule is CC1=C[C@](C)(C(C)(C)C)N(CCO)c2ccccc21. The minimum atomic E-state index is -0.0891. The molecular formula is C17H25NO. The number of aliphatic hydroxyl groups excluding tert-OH is 1. The highest BCUT2D eigenvalue weighted by atomic mass is 16.3. The third-order valence-electron chi connectivity index (χ3n) is 4.52. The summed E-state index contributed by atoms with van der Waals surface area (Å²) < 4.78 is 0. The summed E-state index contributed by atoms with van der Waals surface area (Å²) in [5.74, 6) is 0. The molecule has 104 valence electrons. The normalized spacial score (nSPS) is 23.1. The summed E-state index contributed by atoms with van der Waals surface area (Å²) in [4.78, 5) is 2.34. The Kier molecular flexibility index (Phi) is 3.48. The highest BCUT2D eigenvalue weighted by molar-refractivity contribution is 5.81. The standard InChI is InChI=1S/C17H25NO/c1-13-12-17(5,16(2,3)4)18(10-11-19)15-9-7-6-8-14(13)15/h6-9,12,19H,10-11H2,1-5H3/t17-/m1/s1. The minimum Gasteiger partial charge on any atom is -0.395 e. The van der Waals surface area contributed by atoms with Gasteiger partial charge in [0.1, 0.15) is 0 Å². The van der Waals surface area contributed by atoms with Crippen LogP contribution in [-0.2, 0) is 0 Å². The number of fused-ring (bicyclic) bond motifs is 1. The number of para-hydroxylation sites is 1. The first-order chi connectivity index (χ1) is 8.81. The van der Waals surface area contributed by atoms with E-state index in [0.717, 1.165) is 0 Å². The van der Waals surface area contributed by atoms with Crippen molar-refractivity contribution in [2.45, 2.75) is 40.2 Å². The van der Waals surface area contributed by atoms with Crippen molar-refractivity contribution in [3.8, 4) is 0 Å². The summed E-state index contributed by atoms with van der Waals surface area (Å²) in [5.41, 5.74) is 3.83. The maximum absolute atomic E-state index is 9.45. The minimum absolute atomic E-state index is 0.0891. The molecule has 1 aliphatic rings. The fraction of sp³-hybridized carbons (Fsp3) is 0.529.